The maximum atomic E-state index is 13.2. The highest BCUT2D eigenvalue weighted by Crippen LogP contribution is 2.19. The monoisotopic (exact) mass is 344 g/mol. The summed E-state index contributed by atoms with van der Waals surface area (Å²) in [6, 6.07) is 3.86. The van der Waals surface area contributed by atoms with Gasteiger partial charge in [0.25, 0.3) is 5.91 Å². The van der Waals surface area contributed by atoms with Gasteiger partial charge in [0.15, 0.2) is 0 Å². The van der Waals surface area contributed by atoms with Crippen molar-refractivity contribution >= 4 is 27.7 Å². The Bertz CT molecular complexity index is 526. The largest absolute Gasteiger partial charge is 0.350 e. The van der Waals surface area contributed by atoms with E-state index in [1.54, 1.807) is 0 Å². The predicted octanol–water partition coefficient (Wildman–Crippen LogP) is 2.57. The van der Waals surface area contributed by atoms with E-state index in [1.165, 1.54) is 24.1 Å². The molecular formula is C14H18BrFN2O2. The molecule has 0 fully saturated rings. The number of carbonyl (C=O) groups excluding carboxylic acids is 2. The van der Waals surface area contributed by atoms with Crippen molar-refractivity contribution in [1.29, 1.82) is 0 Å². The smallest absolute Gasteiger partial charge is 0.255 e. The molecule has 6 heteroatoms. The molecule has 4 nitrogen and oxygen atoms in total. The van der Waals surface area contributed by atoms with Crippen LogP contribution in [0.2, 0.25) is 0 Å². The van der Waals surface area contributed by atoms with E-state index in [2.05, 4.69) is 21.2 Å². The van der Waals surface area contributed by atoms with Crippen molar-refractivity contribution in [2.75, 3.05) is 13.6 Å². The van der Waals surface area contributed by atoms with E-state index in [0.717, 1.165) is 6.07 Å². The van der Waals surface area contributed by atoms with E-state index in [-0.39, 0.29) is 23.6 Å². The van der Waals surface area contributed by atoms with E-state index < -0.39 is 11.7 Å². The zero-order chi connectivity index (χ0) is 15.5. The SMILES string of the molecule is CN(CC(=O)NC(C)(C)C)C(=O)c1cc(F)ccc1Br. The van der Waals surface area contributed by atoms with Crippen molar-refractivity contribution < 1.29 is 14.0 Å². The first-order valence-electron chi connectivity index (χ1n) is 6.11. The standard InChI is InChI=1S/C14H18BrFN2O2/c1-14(2,3)17-12(19)8-18(4)13(20)10-7-9(16)5-6-11(10)15/h5-7H,8H2,1-4H3,(H,17,19). The highest BCUT2D eigenvalue weighted by atomic mass is 79.9. The maximum absolute atomic E-state index is 13.2. The van der Waals surface area contributed by atoms with Crippen molar-refractivity contribution in [3.63, 3.8) is 0 Å². The van der Waals surface area contributed by atoms with Gasteiger partial charge in [0.1, 0.15) is 5.82 Å². The Balaban J connectivity index is 2.77. The lowest BCUT2D eigenvalue weighted by Crippen LogP contribution is -2.46. The summed E-state index contributed by atoms with van der Waals surface area (Å²) in [6.07, 6.45) is 0. The average Bonchev–Trinajstić information content (AvgIpc) is 2.28. The van der Waals surface area contributed by atoms with Crippen LogP contribution in [0.5, 0.6) is 0 Å². The van der Waals surface area contributed by atoms with Crippen LogP contribution in [0.25, 0.3) is 0 Å². The van der Waals surface area contributed by atoms with E-state index in [0.29, 0.717) is 4.47 Å². The van der Waals surface area contributed by atoms with Gasteiger partial charge in [-0.2, -0.15) is 0 Å². The molecule has 1 N–H and O–H groups in total. The molecule has 0 bridgehead atoms. The van der Waals surface area contributed by atoms with Crippen LogP contribution in [-0.2, 0) is 4.79 Å². The number of hydrogen-bond acceptors (Lipinski definition) is 2. The highest BCUT2D eigenvalue weighted by molar-refractivity contribution is 9.10. The average molecular weight is 345 g/mol. The van der Waals surface area contributed by atoms with Crippen LogP contribution in [-0.4, -0.2) is 35.8 Å². The first kappa shape index (κ1) is 16.6. The van der Waals surface area contributed by atoms with Crippen molar-refractivity contribution in [3.05, 3.63) is 34.1 Å². The minimum atomic E-state index is -0.496. The lowest BCUT2D eigenvalue weighted by Gasteiger charge is -2.23. The van der Waals surface area contributed by atoms with Crippen LogP contribution in [0.1, 0.15) is 31.1 Å². The van der Waals surface area contributed by atoms with Crippen LogP contribution in [0.4, 0.5) is 4.39 Å². The zero-order valence-electron chi connectivity index (χ0n) is 12.0. The normalized spacial score (nSPS) is 11.1. The summed E-state index contributed by atoms with van der Waals surface area (Å²) in [7, 11) is 1.50. The molecule has 0 unspecified atom stereocenters. The fourth-order valence-corrected chi connectivity index (χ4v) is 2.03. The summed E-state index contributed by atoms with van der Waals surface area (Å²) >= 11 is 3.20. The molecule has 0 atom stereocenters. The molecule has 0 saturated heterocycles. The van der Waals surface area contributed by atoms with Gasteiger partial charge >= 0.3 is 0 Å². The minimum Gasteiger partial charge on any atom is -0.350 e. The van der Waals surface area contributed by atoms with Gasteiger partial charge in [0.2, 0.25) is 5.91 Å². The summed E-state index contributed by atoms with van der Waals surface area (Å²) in [6.45, 7) is 5.49. The number of nitrogens with zero attached hydrogens (tertiary/aromatic N) is 1. The van der Waals surface area contributed by atoms with Crippen molar-refractivity contribution in [2.45, 2.75) is 26.3 Å². The lowest BCUT2D eigenvalue weighted by atomic mass is 10.1. The first-order chi connectivity index (χ1) is 9.10. The molecule has 0 heterocycles. The Morgan fingerprint density at radius 3 is 2.50 bits per heavy atom. The van der Waals surface area contributed by atoms with Crippen LogP contribution >= 0.6 is 15.9 Å². The summed E-state index contributed by atoms with van der Waals surface area (Å²) in [5.41, 5.74) is -0.170. The van der Waals surface area contributed by atoms with Gasteiger partial charge in [-0.1, -0.05) is 0 Å². The second kappa shape index (κ2) is 6.35. The molecule has 20 heavy (non-hydrogen) atoms. The summed E-state index contributed by atoms with van der Waals surface area (Å²) in [4.78, 5) is 25.2. The van der Waals surface area contributed by atoms with E-state index in [4.69, 9.17) is 0 Å². The molecule has 1 rings (SSSR count). The van der Waals surface area contributed by atoms with Crippen LogP contribution in [0, 0.1) is 5.82 Å². The predicted molar refractivity (Wildman–Crippen MR) is 79.0 cm³/mol. The maximum Gasteiger partial charge on any atom is 0.255 e. The Hall–Kier alpha value is -1.43. The molecule has 0 aliphatic heterocycles. The fourth-order valence-electron chi connectivity index (χ4n) is 1.61. The molecule has 2 amide bonds. The molecule has 110 valence electrons. The fraction of sp³-hybridized carbons (Fsp3) is 0.429. The molecule has 0 aliphatic carbocycles. The molecule has 1 aromatic rings. The summed E-state index contributed by atoms with van der Waals surface area (Å²) < 4.78 is 13.7. The van der Waals surface area contributed by atoms with E-state index >= 15 is 0 Å². The van der Waals surface area contributed by atoms with Gasteiger partial charge in [-0.05, 0) is 54.9 Å². The number of carbonyl (C=O) groups is 2. The third kappa shape index (κ3) is 4.92. The second-order valence-corrected chi connectivity index (χ2v) is 6.44. The quantitative estimate of drug-likeness (QED) is 0.916. The van der Waals surface area contributed by atoms with E-state index in [9.17, 15) is 14.0 Å². The van der Waals surface area contributed by atoms with E-state index in [1.807, 2.05) is 20.8 Å². The summed E-state index contributed by atoms with van der Waals surface area (Å²) in [5, 5.41) is 2.76. The second-order valence-electron chi connectivity index (χ2n) is 5.58. The molecule has 0 spiro atoms. The van der Waals surface area contributed by atoms with Gasteiger partial charge in [0.05, 0.1) is 12.1 Å². The van der Waals surface area contributed by atoms with Gasteiger partial charge in [-0.3, -0.25) is 9.59 Å². The van der Waals surface area contributed by atoms with Gasteiger partial charge in [-0.15, -0.1) is 0 Å². The van der Waals surface area contributed by atoms with Gasteiger partial charge in [0, 0.05) is 17.1 Å². The van der Waals surface area contributed by atoms with Gasteiger partial charge < -0.3 is 10.2 Å². The number of likely N-dealkylation sites (N-methyl/N-ethyl adjacent to an activating group) is 1. The molecule has 0 aliphatic rings. The van der Waals surface area contributed by atoms with Crippen LogP contribution in [0.15, 0.2) is 22.7 Å². The molecular weight excluding hydrogens is 327 g/mol. The topological polar surface area (TPSA) is 49.4 Å². The third-order valence-electron chi connectivity index (χ3n) is 2.40. The van der Waals surface area contributed by atoms with Crippen molar-refractivity contribution in [3.8, 4) is 0 Å². The lowest BCUT2D eigenvalue weighted by molar-refractivity contribution is -0.122. The van der Waals surface area contributed by atoms with Crippen LogP contribution in [0.3, 0.4) is 0 Å². The molecule has 0 aromatic heterocycles. The minimum absolute atomic E-state index is 0.0843. The molecule has 0 saturated carbocycles. The van der Waals surface area contributed by atoms with Crippen molar-refractivity contribution in [1.82, 2.24) is 10.2 Å². The van der Waals surface area contributed by atoms with Gasteiger partial charge in [-0.25, -0.2) is 4.39 Å². The van der Waals surface area contributed by atoms with Crippen molar-refractivity contribution in [2.24, 2.45) is 0 Å². The Labute approximate surface area is 126 Å². The summed E-state index contributed by atoms with van der Waals surface area (Å²) in [5.74, 6) is -1.18. The Kier molecular flexibility index (Phi) is 5.28. The molecule has 0 radical (unpaired) electrons. The number of halogens is 2. The Morgan fingerprint density at radius 2 is 1.95 bits per heavy atom. The molecule has 1 aromatic carbocycles. The first-order valence-corrected chi connectivity index (χ1v) is 6.91. The number of benzene rings is 1. The zero-order valence-corrected chi connectivity index (χ0v) is 13.5. The number of rotatable bonds is 3. The number of nitrogens with one attached hydrogen (secondary N) is 1. The third-order valence-corrected chi connectivity index (χ3v) is 3.09. The Morgan fingerprint density at radius 1 is 1.35 bits per heavy atom. The number of hydrogen-bond donors (Lipinski definition) is 1. The number of amides is 2. The highest BCUT2D eigenvalue weighted by Gasteiger charge is 2.20. The van der Waals surface area contributed by atoms with Crippen LogP contribution < -0.4 is 5.32 Å².